The molecule has 0 aliphatic carbocycles. The SMILES string of the molecule is Nc1cc(-c2cnc3c(c2)C(C(O)c2c(F)ccc(N)c2F)=N3)cnc1N1CCNC1. The minimum atomic E-state index is -1.61. The van der Waals surface area contributed by atoms with E-state index in [1.807, 2.05) is 4.90 Å². The second-order valence-corrected chi connectivity index (χ2v) is 7.42. The van der Waals surface area contributed by atoms with Gasteiger partial charge in [-0.05, 0) is 24.3 Å². The number of halogens is 2. The van der Waals surface area contributed by atoms with Crippen molar-refractivity contribution in [2.24, 2.45) is 4.99 Å². The molecule has 8 nitrogen and oxygen atoms in total. The van der Waals surface area contributed by atoms with E-state index in [-0.39, 0.29) is 11.4 Å². The summed E-state index contributed by atoms with van der Waals surface area (Å²) in [5.74, 6) is -0.820. The van der Waals surface area contributed by atoms with E-state index >= 15 is 0 Å². The first-order chi connectivity index (χ1) is 14.9. The van der Waals surface area contributed by atoms with E-state index in [4.69, 9.17) is 11.5 Å². The van der Waals surface area contributed by atoms with Gasteiger partial charge in [-0.15, -0.1) is 0 Å². The van der Waals surface area contributed by atoms with Crippen molar-refractivity contribution in [1.29, 1.82) is 0 Å². The largest absolute Gasteiger partial charge is 0.396 e. The third kappa shape index (κ3) is 3.16. The van der Waals surface area contributed by atoms with Crippen molar-refractivity contribution < 1.29 is 13.9 Å². The topological polar surface area (TPSA) is 126 Å². The van der Waals surface area contributed by atoms with Crippen LogP contribution in [0.5, 0.6) is 0 Å². The Kier molecular flexibility index (Phi) is 4.53. The molecule has 158 valence electrons. The van der Waals surface area contributed by atoms with Gasteiger partial charge in [0.25, 0.3) is 0 Å². The van der Waals surface area contributed by atoms with Crippen LogP contribution in [0.1, 0.15) is 17.2 Å². The summed E-state index contributed by atoms with van der Waals surface area (Å²) in [6.07, 6.45) is 1.69. The zero-order valence-corrected chi connectivity index (χ0v) is 16.3. The third-order valence-electron chi connectivity index (χ3n) is 5.45. The van der Waals surface area contributed by atoms with Crippen molar-refractivity contribution in [1.82, 2.24) is 15.3 Å². The van der Waals surface area contributed by atoms with Gasteiger partial charge in [-0.25, -0.2) is 23.7 Å². The van der Waals surface area contributed by atoms with Gasteiger partial charge in [0.1, 0.15) is 11.9 Å². The fourth-order valence-electron chi connectivity index (χ4n) is 3.78. The smallest absolute Gasteiger partial charge is 0.161 e. The fraction of sp³-hybridized carbons (Fsp3) is 0.190. The standard InChI is InChI=1S/C21H19F2N7O/c22-13-1-2-14(24)17(23)16(13)19(31)18-12-5-10(7-27-20(12)29-18)11-6-15(25)21(28-8-11)30-4-3-26-9-30/h1-2,5-8,19,26,31H,3-4,9,24-25H2. The number of nitrogen functional groups attached to an aromatic ring is 2. The van der Waals surface area contributed by atoms with Gasteiger partial charge in [0, 0.05) is 42.2 Å². The van der Waals surface area contributed by atoms with Crippen molar-refractivity contribution in [2.45, 2.75) is 6.10 Å². The number of benzene rings is 1. The Hall–Kier alpha value is -3.63. The zero-order valence-electron chi connectivity index (χ0n) is 16.3. The lowest BCUT2D eigenvalue weighted by atomic mass is 9.93. The first-order valence-corrected chi connectivity index (χ1v) is 9.66. The number of aromatic nitrogens is 2. The molecule has 4 heterocycles. The average molecular weight is 423 g/mol. The van der Waals surface area contributed by atoms with Gasteiger partial charge in [0.2, 0.25) is 0 Å². The molecule has 6 N–H and O–H groups in total. The van der Waals surface area contributed by atoms with Crippen LogP contribution in [0, 0.1) is 11.6 Å². The van der Waals surface area contributed by atoms with Crippen LogP contribution < -0.4 is 21.7 Å². The molecule has 1 saturated heterocycles. The summed E-state index contributed by atoms with van der Waals surface area (Å²) in [7, 11) is 0. The van der Waals surface area contributed by atoms with Crippen molar-refractivity contribution in [3.8, 4) is 11.1 Å². The number of anilines is 3. The molecule has 2 aromatic heterocycles. The highest BCUT2D eigenvalue weighted by Gasteiger charge is 2.32. The number of fused-ring (bicyclic) bond motifs is 1. The van der Waals surface area contributed by atoms with Crippen LogP contribution in [0.3, 0.4) is 0 Å². The van der Waals surface area contributed by atoms with Gasteiger partial charge in [-0.3, -0.25) is 5.32 Å². The van der Waals surface area contributed by atoms with Crippen molar-refractivity contribution in [3.05, 3.63) is 59.4 Å². The number of aliphatic hydroxyl groups excluding tert-OH is 1. The van der Waals surface area contributed by atoms with Crippen LogP contribution in [-0.4, -0.2) is 40.5 Å². The lowest BCUT2D eigenvalue weighted by Gasteiger charge is -2.24. The minimum absolute atomic E-state index is 0.119. The molecule has 0 radical (unpaired) electrons. The van der Waals surface area contributed by atoms with Crippen LogP contribution in [0.15, 0.2) is 41.7 Å². The number of pyridine rings is 2. The summed E-state index contributed by atoms with van der Waals surface area (Å²) in [5, 5.41) is 13.8. The monoisotopic (exact) mass is 423 g/mol. The van der Waals surface area contributed by atoms with Crippen LogP contribution in [0.4, 0.5) is 31.8 Å². The third-order valence-corrected chi connectivity index (χ3v) is 5.45. The van der Waals surface area contributed by atoms with E-state index in [1.165, 1.54) is 0 Å². The molecule has 2 aliphatic rings. The quantitative estimate of drug-likeness (QED) is 0.474. The van der Waals surface area contributed by atoms with E-state index in [2.05, 4.69) is 20.3 Å². The predicted molar refractivity (Wildman–Crippen MR) is 114 cm³/mol. The molecule has 1 fully saturated rings. The molecule has 0 spiro atoms. The van der Waals surface area contributed by atoms with Gasteiger partial charge < -0.3 is 21.5 Å². The molecule has 3 aromatic rings. The average Bonchev–Trinajstić information content (AvgIpc) is 3.26. The number of nitrogens with zero attached hydrogens (tertiary/aromatic N) is 4. The number of aliphatic hydroxyl groups is 1. The summed E-state index contributed by atoms with van der Waals surface area (Å²) in [6, 6.07) is 5.66. The zero-order chi connectivity index (χ0) is 21.7. The summed E-state index contributed by atoms with van der Waals surface area (Å²) in [5.41, 5.74) is 13.5. The number of nitrogens with two attached hydrogens (primary N) is 2. The van der Waals surface area contributed by atoms with Gasteiger partial charge in [-0.1, -0.05) is 0 Å². The molecule has 1 aromatic carbocycles. The molecule has 2 aliphatic heterocycles. The molecular weight excluding hydrogens is 404 g/mol. The van der Waals surface area contributed by atoms with Gasteiger partial charge in [0.05, 0.1) is 29.3 Å². The van der Waals surface area contributed by atoms with E-state index in [1.54, 1.807) is 24.5 Å². The Balaban J connectivity index is 1.46. The minimum Gasteiger partial charge on any atom is -0.396 e. The lowest BCUT2D eigenvalue weighted by molar-refractivity contribution is 0.235. The predicted octanol–water partition coefficient (Wildman–Crippen LogP) is 2.12. The fourth-order valence-corrected chi connectivity index (χ4v) is 3.78. The number of nitrogens with one attached hydrogen (secondary N) is 1. The van der Waals surface area contributed by atoms with Crippen molar-refractivity contribution in [2.75, 3.05) is 36.1 Å². The highest BCUT2D eigenvalue weighted by atomic mass is 19.1. The van der Waals surface area contributed by atoms with Crippen LogP contribution in [0.25, 0.3) is 11.1 Å². The maximum atomic E-state index is 14.3. The lowest BCUT2D eigenvalue weighted by Crippen LogP contribution is -2.23. The maximum Gasteiger partial charge on any atom is 0.161 e. The first-order valence-electron chi connectivity index (χ1n) is 9.66. The van der Waals surface area contributed by atoms with Crippen LogP contribution in [0.2, 0.25) is 0 Å². The maximum absolute atomic E-state index is 14.3. The number of hydrogen-bond acceptors (Lipinski definition) is 8. The second kappa shape index (κ2) is 7.25. The van der Waals surface area contributed by atoms with E-state index in [9.17, 15) is 13.9 Å². The van der Waals surface area contributed by atoms with Gasteiger partial charge in [-0.2, -0.15) is 0 Å². The Morgan fingerprint density at radius 1 is 1.06 bits per heavy atom. The highest BCUT2D eigenvalue weighted by Crippen LogP contribution is 2.38. The van der Waals surface area contributed by atoms with E-state index in [0.29, 0.717) is 35.1 Å². The highest BCUT2D eigenvalue weighted by molar-refractivity contribution is 6.14. The molecule has 1 unspecified atom stereocenters. The summed E-state index contributed by atoms with van der Waals surface area (Å²) >= 11 is 0. The van der Waals surface area contributed by atoms with Crippen molar-refractivity contribution >= 4 is 28.7 Å². The Bertz CT molecular complexity index is 1220. The summed E-state index contributed by atoms with van der Waals surface area (Å²) < 4.78 is 28.5. The molecule has 0 bridgehead atoms. The molecule has 5 rings (SSSR count). The molecule has 1 atom stereocenters. The number of rotatable bonds is 4. The van der Waals surface area contributed by atoms with Crippen molar-refractivity contribution in [3.63, 3.8) is 0 Å². The Morgan fingerprint density at radius 3 is 2.58 bits per heavy atom. The molecule has 0 amide bonds. The molecule has 10 heteroatoms. The van der Waals surface area contributed by atoms with Crippen LogP contribution in [-0.2, 0) is 0 Å². The Labute approximate surface area is 176 Å². The summed E-state index contributed by atoms with van der Waals surface area (Å²) in [6.45, 7) is 2.38. The Morgan fingerprint density at radius 2 is 1.84 bits per heavy atom. The first kappa shape index (κ1) is 19.3. The molecular formula is C21H19F2N7O. The van der Waals surface area contributed by atoms with E-state index < -0.39 is 23.3 Å². The van der Waals surface area contributed by atoms with E-state index in [0.717, 1.165) is 30.8 Å². The molecule has 31 heavy (non-hydrogen) atoms. The number of aliphatic imine (C=N–C) groups is 1. The van der Waals surface area contributed by atoms with Crippen LogP contribution >= 0.6 is 0 Å². The molecule has 0 saturated carbocycles. The van der Waals surface area contributed by atoms with Gasteiger partial charge >= 0.3 is 0 Å². The normalized spacial score (nSPS) is 16.0. The van der Waals surface area contributed by atoms with Gasteiger partial charge in [0.15, 0.2) is 17.5 Å². The second-order valence-electron chi connectivity index (χ2n) is 7.42. The summed E-state index contributed by atoms with van der Waals surface area (Å²) in [4.78, 5) is 14.9. The number of hydrogen-bond donors (Lipinski definition) is 4.